The van der Waals surface area contributed by atoms with Gasteiger partial charge in [-0.1, -0.05) is 12.0 Å². The first-order valence-corrected chi connectivity index (χ1v) is 4.49. The van der Waals surface area contributed by atoms with Gasteiger partial charge in [-0.3, -0.25) is 14.8 Å². The third-order valence-electron chi connectivity index (χ3n) is 2.06. The van der Waals surface area contributed by atoms with Crippen molar-refractivity contribution in [2.75, 3.05) is 0 Å². The first kappa shape index (κ1) is 9.35. The SMILES string of the molecule is C#CCC(=O)c1cccc2nccnc12. The Morgan fingerprint density at radius 1 is 1.33 bits per heavy atom. The minimum absolute atomic E-state index is 0.0929. The number of rotatable bonds is 2. The summed E-state index contributed by atoms with van der Waals surface area (Å²) in [5.74, 6) is 2.24. The topological polar surface area (TPSA) is 42.9 Å². The number of hydrogen-bond acceptors (Lipinski definition) is 3. The number of ketones is 1. The number of carbonyl (C=O) groups excluding carboxylic acids is 1. The molecule has 0 saturated carbocycles. The predicted octanol–water partition coefficient (Wildman–Crippen LogP) is 1.84. The van der Waals surface area contributed by atoms with Crippen LogP contribution in [0.4, 0.5) is 0 Å². The van der Waals surface area contributed by atoms with Gasteiger partial charge < -0.3 is 0 Å². The maximum atomic E-state index is 11.6. The first-order valence-electron chi connectivity index (χ1n) is 4.49. The van der Waals surface area contributed by atoms with Crippen molar-refractivity contribution in [3.05, 3.63) is 36.2 Å². The second-order valence-corrected chi connectivity index (χ2v) is 3.03. The Balaban J connectivity index is 2.62. The number of fused-ring (bicyclic) bond motifs is 1. The van der Waals surface area contributed by atoms with Crippen LogP contribution in [-0.4, -0.2) is 15.8 Å². The van der Waals surface area contributed by atoms with Gasteiger partial charge in [0.25, 0.3) is 0 Å². The summed E-state index contributed by atoms with van der Waals surface area (Å²) < 4.78 is 0. The van der Waals surface area contributed by atoms with Gasteiger partial charge in [0.2, 0.25) is 0 Å². The summed E-state index contributed by atoms with van der Waals surface area (Å²) in [5, 5.41) is 0. The van der Waals surface area contributed by atoms with Gasteiger partial charge in [-0.25, -0.2) is 0 Å². The molecule has 2 aromatic rings. The zero-order chi connectivity index (χ0) is 10.7. The molecule has 0 unspecified atom stereocenters. The summed E-state index contributed by atoms with van der Waals surface area (Å²) in [6.45, 7) is 0. The number of nitrogens with zero attached hydrogens (tertiary/aromatic N) is 2. The van der Waals surface area contributed by atoms with E-state index in [0.717, 1.165) is 0 Å². The van der Waals surface area contributed by atoms with Crippen molar-refractivity contribution < 1.29 is 4.79 Å². The van der Waals surface area contributed by atoms with E-state index in [4.69, 9.17) is 6.42 Å². The average Bonchev–Trinajstić information content (AvgIpc) is 2.28. The number of hydrogen-bond donors (Lipinski definition) is 0. The van der Waals surface area contributed by atoms with Crippen molar-refractivity contribution >= 4 is 16.8 Å². The fourth-order valence-corrected chi connectivity index (χ4v) is 1.41. The fourth-order valence-electron chi connectivity index (χ4n) is 1.41. The van der Waals surface area contributed by atoms with Gasteiger partial charge in [0.1, 0.15) is 0 Å². The second kappa shape index (κ2) is 3.89. The molecule has 0 amide bonds. The molecule has 15 heavy (non-hydrogen) atoms. The van der Waals surface area contributed by atoms with Crippen LogP contribution in [0.15, 0.2) is 30.6 Å². The van der Waals surface area contributed by atoms with Crippen LogP contribution in [-0.2, 0) is 0 Å². The van der Waals surface area contributed by atoms with E-state index in [0.29, 0.717) is 16.6 Å². The lowest BCUT2D eigenvalue weighted by atomic mass is 10.1. The monoisotopic (exact) mass is 196 g/mol. The Morgan fingerprint density at radius 3 is 2.93 bits per heavy atom. The lowest BCUT2D eigenvalue weighted by molar-refractivity contribution is 0.0999. The van der Waals surface area contributed by atoms with Crippen molar-refractivity contribution in [1.29, 1.82) is 0 Å². The summed E-state index contributed by atoms with van der Waals surface area (Å²) in [7, 11) is 0. The number of benzene rings is 1. The quantitative estimate of drug-likeness (QED) is 0.543. The van der Waals surface area contributed by atoms with E-state index in [9.17, 15) is 4.79 Å². The summed E-state index contributed by atoms with van der Waals surface area (Å²) in [6, 6.07) is 5.31. The van der Waals surface area contributed by atoms with Crippen LogP contribution < -0.4 is 0 Å². The van der Waals surface area contributed by atoms with Gasteiger partial charge >= 0.3 is 0 Å². The van der Waals surface area contributed by atoms with Gasteiger partial charge in [-0.2, -0.15) is 0 Å². The van der Waals surface area contributed by atoms with Crippen LogP contribution >= 0.6 is 0 Å². The second-order valence-electron chi connectivity index (χ2n) is 3.03. The van der Waals surface area contributed by atoms with Crippen molar-refractivity contribution in [2.45, 2.75) is 6.42 Å². The van der Waals surface area contributed by atoms with E-state index < -0.39 is 0 Å². The van der Waals surface area contributed by atoms with Gasteiger partial charge in [0.15, 0.2) is 5.78 Å². The standard InChI is InChI=1S/C12H8N2O/c1-2-4-11(15)9-5-3-6-10-12(9)14-8-7-13-10/h1,3,5-8H,4H2. The van der Waals surface area contributed by atoms with Gasteiger partial charge in [-0.05, 0) is 12.1 Å². The smallest absolute Gasteiger partial charge is 0.176 e. The molecule has 0 bridgehead atoms. The molecule has 1 heterocycles. The van der Waals surface area contributed by atoms with E-state index in [1.54, 1.807) is 24.5 Å². The normalized spacial score (nSPS) is 9.80. The number of carbonyl (C=O) groups is 1. The van der Waals surface area contributed by atoms with Crippen molar-refractivity contribution in [3.63, 3.8) is 0 Å². The predicted molar refractivity (Wildman–Crippen MR) is 57.3 cm³/mol. The lowest BCUT2D eigenvalue weighted by Gasteiger charge is -2.01. The molecule has 0 spiro atoms. The van der Waals surface area contributed by atoms with Crippen LogP contribution in [0.5, 0.6) is 0 Å². The van der Waals surface area contributed by atoms with Gasteiger partial charge in [0, 0.05) is 18.0 Å². The molecule has 0 atom stereocenters. The Morgan fingerprint density at radius 2 is 2.13 bits per heavy atom. The first-order chi connectivity index (χ1) is 7.33. The summed E-state index contributed by atoms with van der Waals surface area (Å²) in [6.07, 6.45) is 8.36. The molecule has 3 nitrogen and oxygen atoms in total. The Kier molecular flexibility index (Phi) is 2.42. The molecule has 1 aromatic carbocycles. The van der Waals surface area contributed by atoms with E-state index >= 15 is 0 Å². The summed E-state index contributed by atoms with van der Waals surface area (Å²) in [4.78, 5) is 19.9. The van der Waals surface area contributed by atoms with Gasteiger partial charge in [-0.15, -0.1) is 6.42 Å². The molecular formula is C12H8N2O. The molecule has 72 valence electrons. The highest BCUT2D eigenvalue weighted by molar-refractivity contribution is 6.06. The molecule has 3 heteroatoms. The minimum atomic E-state index is -0.0939. The van der Waals surface area contributed by atoms with Crippen molar-refractivity contribution in [1.82, 2.24) is 9.97 Å². The average molecular weight is 196 g/mol. The van der Waals surface area contributed by atoms with Crippen molar-refractivity contribution in [2.24, 2.45) is 0 Å². The molecule has 0 saturated heterocycles. The highest BCUT2D eigenvalue weighted by Gasteiger charge is 2.09. The van der Waals surface area contributed by atoms with E-state index in [-0.39, 0.29) is 12.2 Å². The maximum absolute atomic E-state index is 11.6. The number of Topliss-reactive ketones (excluding diaryl/α,β-unsaturated/α-hetero) is 1. The Hall–Kier alpha value is -2.21. The highest BCUT2D eigenvalue weighted by atomic mass is 16.1. The molecule has 2 rings (SSSR count). The molecule has 0 radical (unpaired) electrons. The van der Waals surface area contributed by atoms with Gasteiger partial charge in [0.05, 0.1) is 17.5 Å². The highest BCUT2D eigenvalue weighted by Crippen LogP contribution is 2.15. The molecule has 0 aliphatic rings. The van der Waals surface area contributed by atoms with Crippen LogP contribution in [0.3, 0.4) is 0 Å². The van der Waals surface area contributed by atoms with Crippen LogP contribution in [0.2, 0.25) is 0 Å². The largest absolute Gasteiger partial charge is 0.293 e. The molecule has 0 fully saturated rings. The third kappa shape index (κ3) is 1.70. The Labute approximate surface area is 87.2 Å². The van der Waals surface area contributed by atoms with E-state index in [1.807, 2.05) is 6.07 Å². The summed E-state index contributed by atoms with van der Waals surface area (Å²) in [5.41, 5.74) is 1.86. The zero-order valence-corrected chi connectivity index (χ0v) is 7.97. The molecule has 0 aliphatic carbocycles. The molecule has 1 aromatic heterocycles. The van der Waals surface area contributed by atoms with Crippen molar-refractivity contribution in [3.8, 4) is 12.3 Å². The van der Waals surface area contributed by atoms with Crippen LogP contribution in [0.25, 0.3) is 11.0 Å². The fraction of sp³-hybridized carbons (Fsp3) is 0.0833. The van der Waals surface area contributed by atoms with E-state index in [1.165, 1.54) is 0 Å². The number of terminal acetylenes is 1. The number of aromatic nitrogens is 2. The van der Waals surface area contributed by atoms with Crippen LogP contribution in [0, 0.1) is 12.3 Å². The van der Waals surface area contributed by atoms with E-state index in [2.05, 4.69) is 15.9 Å². The molecule has 0 aliphatic heterocycles. The zero-order valence-electron chi connectivity index (χ0n) is 7.97. The summed E-state index contributed by atoms with van der Waals surface area (Å²) >= 11 is 0. The number of para-hydroxylation sites is 1. The maximum Gasteiger partial charge on any atom is 0.176 e. The minimum Gasteiger partial charge on any atom is -0.293 e. The lowest BCUT2D eigenvalue weighted by Crippen LogP contribution is -2.00. The molecular weight excluding hydrogens is 188 g/mol. The van der Waals surface area contributed by atoms with Crippen LogP contribution in [0.1, 0.15) is 16.8 Å². The molecule has 0 N–H and O–H groups in total. The Bertz CT molecular complexity index is 550. The third-order valence-corrected chi connectivity index (χ3v) is 2.06.